The minimum atomic E-state index is -0.926. The number of H-pyrrole nitrogens is 1. The number of aromatic amines is 1. The fourth-order valence-electron chi connectivity index (χ4n) is 2.45. The van der Waals surface area contributed by atoms with E-state index in [1.807, 2.05) is 26.0 Å². The summed E-state index contributed by atoms with van der Waals surface area (Å²) in [5.41, 5.74) is 4.27. The van der Waals surface area contributed by atoms with E-state index in [9.17, 15) is 9.59 Å². The summed E-state index contributed by atoms with van der Waals surface area (Å²) in [6.45, 7) is 5.74. The molecule has 122 valence electrons. The number of carbonyl (C=O) groups is 2. The quantitative estimate of drug-likeness (QED) is 0.887. The van der Waals surface area contributed by atoms with Crippen molar-refractivity contribution >= 4 is 11.9 Å². The first-order valence-electron chi connectivity index (χ1n) is 7.41. The van der Waals surface area contributed by atoms with Gasteiger partial charge in [-0.2, -0.15) is 5.10 Å². The van der Waals surface area contributed by atoms with Gasteiger partial charge < -0.3 is 10.0 Å². The molecule has 0 aliphatic carbocycles. The molecule has 23 heavy (non-hydrogen) atoms. The molecule has 1 heterocycles. The number of benzene rings is 1. The maximum Gasteiger partial charge on any atom is 0.308 e. The Kier molecular flexibility index (Phi) is 4.83. The molecule has 1 amide bonds. The average molecular weight is 315 g/mol. The van der Waals surface area contributed by atoms with Crippen LogP contribution in [0.2, 0.25) is 0 Å². The molecule has 0 saturated carbocycles. The van der Waals surface area contributed by atoms with Crippen LogP contribution in [0.4, 0.5) is 0 Å². The Morgan fingerprint density at radius 3 is 2.61 bits per heavy atom. The largest absolute Gasteiger partial charge is 0.481 e. The smallest absolute Gasteiger partial charge is 0.308 e. The number of rotatable bonds is 5. The van der Waals surface area contributed by atoms with Crippen molar-refractivity contribution in [1.82, 2.24) is 15.1 Å². The summed E-state index contributed by atoms with van der Waals surface area (Å²) >= 11 is 0. The summed E-state index contributed by atoms with van der Waals surface area (Å²) in [6, 6.07) is 7.73. The number of aryl methyl sites for hydroxylation is 2. The predicted molar refractivity (Wildman–Crippen MR) is 87.3 cm³/mol. The van der Waals surface area contributed by atoms with Crippen LogP contribution in [0.3, 0.4) is 0 Å². The first-order valence-corrected chi connectivity index (χ1v) is 7.41. The fraction of sp³-hybridized carbons (Fsp3) is 0.353. The molecule has 0 bridgehead atoms. The zero-order valence-corrected chi connectivity index (χ0v) is 13.8. The normalized spacial score (nSPS) is 12.0. The SMILES string of the molecule is Cc1ccc(-c2cc(C(=O)N(C)CC(C)C(=O)O)[nH]n2)c(C)c1. The van der Waals surface area contributed by atoms with E-state index in [0.29, 0.717) is 11.4 Å². The molecule has 0 fully saturated rings. The molecule has 0 aliphatic heterocycles. The Balaban J connectivity index is 2.18. The molecule has 1 unspecified atom stereocenters. The van der Waals surface area contributed by atoms with E-state index in [1.165, 1.54) is 10.5 Å². The monoisotopic (exact) mass is 315 g/mol. The highest BCUT2D eigenvalue weighted by Gasteiger charge is 2.20. The van der Waals surface area contributed by atoms with Gasteiger partial charge in [-0.15, -0.1) is 0 Å². The summed E-state index contributed by atoms with van der Waals surface area (Å²) in [5, 5.41) is 15.9. The lowest BCUT2D eigenvalue weighted by molar-refractivity contribution is -0.141. The Hall–Kier alpha value is -2.63. The highest BCUT2D eigenvalue weighted by atomic mass is 16.4. The predicted octanol–water partition coefficient (Wildman–Crippen LogP) is 2.49. The number of amides is 1. The first-order chi connectivity index (χ1) is 10.8. The van der Waals surface area contributed by atoms with Crippen LogP contribution in [0.25, 0.3) is 11.3 Å². The van der Waals surface area contributed by atoms with Gasteiger partial charge in [0.25, 0.3) is 5.91 Å². The molecule has 1 aromatic carbocycles. The van der Waals surface area contributed by atoms with Crippen LogP contribution < -0.4 is 0 Å². The van der Waals surface area contributed by atoms with E-state index < -0.39 is 11.9 Å². The van der Waals surface area contributed by atoms with Crippen molar-refractivity contribution in [1.29, 1.82) is 0 Å². The second-order valence-electron chi connectivity index (χ2n) is 5.91. The summed E-state index contributed by atoms with van der Waals surface area (Å²) in [4.78, 5) is 24.6. The van der Waals surface area contributed by atoms with Gasteiger partial charge in [-0.1, -0.05) is 30.7 Å². The molecule has 0 aliphatic rings. The fourth-order valence-corrected chi connectivity index (χ4v) is 2.45. The van der Waals surface area contributed by atoms with Gasteiger partial charge in [-0.25, -0.2) is 0 Å². The molecule has 6 nitrogen and oxygen atoms in total. The van der Waals surface area contributed by atoms with Gasteiger partial charge >= 0.3 is 5.97 Å². The third kappa shape index (κ3) is 3.77. The third-order valence-corrected chi connectivity index (χ3v) is 3.78. The van der Waals surface area contributed by atoms with Crippen LogP contribution in [0.5, 0.6) is 0 Å². The van der Waals surface area contributed by atoms with Crippen molar-refractivity contribution < 1.29 is 14.7 Å². The lowest BCUT2D eigenvalue weighted by Crippen LogP contribution is -2.33. The number of aliphatic carboxylic acids is 1. The topological polar surface area (TPSA) is 86.3 Å². The Morgan fingerprint density at radius 2 is 2.00 bits per heavy atom. The molecular weight excluding hydrogens is 294 g/mol. The molecule has 0 spiro atoms. The van der Waals surface area contributed by atoms with Gasteiger partial charge in [-0.3, -0.25) is 14.7 Å². The van der Waals surface area contributed by atoms with E-state index in [-0.39, 0.29) is 12.5 Å². The summed E-state index contributed by atoms with van der Waals surface area (Å²) < 4.78 is 0. The van der Waals surface area contributed by atoms with E-state index in [2.05, 4.69) is 16.3 Å². The number of hydrogen-bond donors (Lipinski definition) is 2. The zero-order chi connectivity index (χ0) is 17.1. The third-order valence-electron chi connectivity index (χ3n) is 3.78. The van der Waals surface area contributed by atoms with E-state index in [4.69, 9.17) is 5.11 Å². The Morgan fingerprint density at radius 1 is 1.30 bits per heavy atom. The molecule has 1 atom stereocenters. The molecule has 0 saturated heterocycles. The van der Waals surface area contributed by atoms with Crippen LogP contribution in [0.15, 0.2) is 24.3 Å². The van der Waals surface area contributed by atoms with Crippen LogP contribution >= 0.6 is 0 Å². The molecule has 2 N–H and O–H groups in total. The van der Waals surface area contributed by atoms with Crippen molar-refractivity contribution in [2.24, 2.45) is 5.92 Å². The summed E-state index contributed by atoms with van der Waals surface area (Å²) in [5.74, 6) is -1.82. The number of carboxylic acids is 1. The van der Waals surface area contributed by atoms with Gasteiger partial charge in [0.2, 0.25) is 0 Å². The van der Waals surface area contributed by atoms with Crippen molar-refractivity contribution in [2.45, 2.75) is 20.8 Å². The standard InChI is InChI=1S/C17H21N3O3/c1-10-5-6-13(11(2)7-10)14-8-15(19-18-14)16(21)20(4)9-12(3)17(22)23/h5-8,12H,9H2,1-4H3,(H,18,19)(H,22,23). The van der Waals surface area contributed by atoms with Crippen molar-refractivity contribution in [2.75, 3.05) is 13.6 Å². The highest BCUT2D eigenvalue weighted by Crippen LogP contribution is 2.23. The van der Waals surface area contributed by atoms with Gasteiger partial charge in [0.05, 0.1) is 11.6 Å². The molecule has 1 aromatic heterocycles. The van der Waals surface area contributed by atoms with Crippen LogP contribution in [-0.4, -0.2) is 45.7 Å². The van der Waals surface area contributed by atoms with Gasteiger partial charge in [-0.05, 0) is 25.5 Å². The van der Waals surface area contributed by atoms with E-state index in [1.54, 1.807) is 20.0 Å². The molecular formula is C17H21N3O3. The lowest BCUT2D eigenvalue weighted by atomic mass is 10.0. The average Bonchev–Trinajstić information content (AvgIpc) is 2.95. The number of carboxylic acid groups (broad SMARTS) is 1. The lowest BCUT2D eigenvalue weighted by Gasteiger charge is -2.18. The van der Waals surface area contributed by atoms with Gasteiger partial charge in [0, 0.05) is 19.2 Å². The second-order valence-corrected chi connectivity index (χ2v) is 5.91. The maximum atomic E-state index is 12.3. The maximum absolute atomic E-state index is 12.3. The van der Waals surface area contributed by atoms with Crippen LogP contribution in [0.1, 0.15) is 28.5 Å². The van der Waals surface area contributed by atoms with E-state index in [0.717, 1.165) is 11.1 Å². The Labute approximate surface area is 135 Å². The van der Waals surface area contributed by atoms with Gasteiger partial charge in [0.1, 0.15) is 5.69 Å². The minimum absolute atomic E-state index is 0.145. The second kappa shape index (κ2) is 6.64. The number of aromatic nitrogens is 2. The zero-order valence-electron chi connectivity index (χ0n) is 13.8. The molecule has 2 rings (SSSR count). The minimum Gasteiger partial charge on any atom is -0.481 e. The van der Waals surface area contributed by atoms with Crippen molar-refractivity contribution in [3.63, 3.8) is 0 Å². The molecule has 6 heteroatoms. The van der Waals surface area contributed by atoms with E-state index >= 15 is 0 Å². The van der Waals surface area contributed by atoms with Gasteiger partial charge in [0.15, 0.2) is 0 Å². The highest BCUT2D eigenvalue weighted by molar-refractivity contribution is 5.93. The number of hydrogen-bond acceptors (Lipinski definition) is 3. The van der Waals surface area contributed by atoms with Crippen molar-refractivity contribution in [3.05, 3.63) is 41.1 Å². The number of nitrogens with one attached hydrogen (secondary N) is 1. The molecule has 2 aromatic rings. The number of nitrogens with zero attached hydrogens (tertiary/aromatic N) is 2. The first kappa shape index (κ1) is 16.7. The summed E-state index contributed by atoms with van der Waals surface area (Å²) in [7, 11) is 1.58. The summed E-state index contributed by atoms with van der Waals surface area (Å²) in [6.07, 6.45) is 0. The Bertz CT molecular complexity index is 736. The van der Waals surface area contributed by atoms with Crippen molar-refractivity contribution in [3.8, 4) is 11.3 Å². The van der Waals surface area contributed by atoms with Crippen LogP contribution in [0, 0.1) is 19.8 Å². The molecule has 0 radical (unpaired) electrons. The number of carbonyl (C=O) groups excluding carboxylic acids is 1. The van der Waals surface area contributed by atoms with Crippen LogP contribution in [-0.2, 0) is 4.79 Å².